The van der Waals surface area contributed by atoms with Crippen molar-refractivity contribution in [2.24, 2.45) is 28.6 Å². The van der Waals surface area contributed by atoms with Crippen LogP contribution in [-0.2, 0) is 0 Å². The molecule has 2 unspecified atom stereocenters. The van der Waals surface area contributed by atoms with Gasteiger partial charge in [0.05, 0.1) is 0 Å². The van der Waals surface area contributed by atoms with Gasteiger partial charge in [0.1, 0.15) is 0 Å². The van der Waals surface area contributed by atoms with Crippen molar-refractivity contribution in [2.45, 2.75) is 75.2 Å². The summed E-state index contributed by atoms with van der Waals surface area (Å²) in [6.45, 7) is 21.4. The fraction of sp³-hybridized carbons (Fsp3) is 1.00. The van der Waals surface area contributed by atoms with E-state index in [-0.39, 0.29) is 0 Å². The van der Waals surface area contributed by atoms with Crippen LogP contribution in [0.2, 0.25) is 0 Å². The highest BCUT2D eigenvalue weighted by Crippen LogP contribution is 2.38. The molecule has 0 rings (SSSR count). The molecule has 0 aromatic rings. The van der Waals surface area contributed by atoms with E-state index in [2.05, 4.69) is 62.3 Å². The lowest BCUT2D eigenvalue weighted by molar-refractivity contribution is 0.138. The Morgan fingerprint density at radius 1 is 0.688 bits per heavy atom. The predicted molar refractivity (Wildman–Crippen MR) is 75.6 cm³/mol. The van der Waals surface area contributed by atoms with Crippen LogP contribution < -0.4 is 0 Å². The van der Waals surface area contributed by atoms with Crippen LogP contribution in [-0.4, -0.2) is 0 Å². The maximum Gasteiger partial charge on any atom is -0.0342 e. The van der Waals surface area contributed by atoms with Crippen LogP contribution in [0.5, 0.6) is 0 Å². The molecule has 0 bridgehead atoms. The van der Waals surface area contributed by atoms with E-state index in [1.807, 2.05) is 0 Å². The molecule has 0 heteroatoms. The van der Waals surface area contributed by atoms with Crippen LogP contribution in [0.25, 0.3) is 0 Å². The number of hydrogen-bond donors (Lipinski definition) is 0. The summed E-state index contributed by atoms with van der Waals surface area (Å²) in [5.41, 5.74) is 0.908. The standard InChI is InChI=1S/C16H34/c1-12(2)14(16(7,8)9)11-10-13(3)15(4,5)6/h12-14H,10-11H2,1-9H3. The van der Waals surface area contributed by atoms with Crippen molar-refractivity contribution in [1.82, 2.24) is 0 Å². The van der Waals surface area contributed by atoms with Gasteiger partial charge in [-0.15, -0.1) is 0 Å². The van der Waals surface area contributed by atoms with Gasteiger partial charge < -0.3 is 0 Å². The van der Waals surface area contributed by atoms with Crippen molar-refractivity contribution in [3.05, 3.63) is 0 Å². The smallest absolute Gasteiger partial charge is 0.0342 e. The molecule has 0 saturated heterocycles. The molecule has 0 amide bonds. The molecule has 0 aromatic heterocycles. The zero-order valence-electron chi connectivity index (χ0n) is 13.1. The molecule has 0 nitrogen and oxygen atoms in total. The molecule has 98 valence electrons. The second kappa shape index (κ2) is 5.56. The molecule has 0 aliphatic heterocycles. The summed E-state index contributed by atoms with van der Waals surface area (Å²) < 4.78 is 0. The molecule has 0 fully saturated rings. The van der Waals surface area contributed by atoms with E-state index in [4.69, 9.17) is 0 Å². The molecule has 0 heterocycles. The average Bonchev–Trinajstić information content (AvgIpc) is 1.98. The van der Waals surface area contributed by atoms with Crippen molar-refractivity contribution >= 4 is 0 Å². The summed E-state index contributed by atoms with van der Waals surface area (Å²) in [6.07, 6.45) is 2.74. The Morgan fingerprint density at radius 3 is 1.38 bits per heavy atom. The van der Waals surface area contributed by atoms with Crippen molar-refractivity contribution in [3.8, 4) is 0 Å². The van der Waals surface area contributed by atoms with E-state index >= 15 is 0 Å². The summed E-state index contributed by atoms with van der Waals surface area (Å²) in [6, 6.07) is 0. The first-order chi connectivity index (χ1) is 6.96. The summed E-state index contributed by atoms with van der Waals surface area (Å²) in [5.74, 6) is 2.46. The largest absolute Gasteiger partial charge is 0.0625 e. The minimum Gasteiger partial charge on any atom is -0.0625 e. The van der Waals surface area contributed by atoms with Gasteiger partial charge in [-0.3, -0.25) is 0 Å². The number of hydrogen-bond acceptors (Lipinski definition) is 0. The fourth-order valence-electron chi connectivity index (χ4n) is 2.63. The lowest BCUT2D eigenvalue weighted by atomic mass is 9.69. The maximum atomic E-state index is 2.40. The van der Waals surface area contributed by atoms with E-state index in [9.17, 15) is 0 Å². The Bertz CT molecular complexity index is 187. The second-order valence-electron chi connectivity index (χ2n) is 8.06. The lowest BCUT2D eigenvalue weighted by Gasteiger charge is -2.36. The second-order valence-corrected chi connectivity index (χ2v) is 8.06. The monoisotopic (exact) mass is 226 g/mol. The van der Waals surface area contributed by atoms with Crippen LogP contribution in [0.3, 0.4) is 0 Å². The van der Waals surface area contributed by atoms with Crippen molar-refractivity contribution in [1.29, 1.82) is 0 Å². The summed E-state index contributed by atoms with van der Waals surface area (Å²) in [4.78, 5) is 0. The zero-order chi connectivity index (χ0) is 13.1. The SMILES string of the molecule is CC(C)C(CCC(C)C(C)(C)C)C(C)(C)C. The molecular weight excluding hydrogens is 192 g/mol. The highest BCUT2D eigenvalue weighted by molar-refractivity contribution is 4.79. The van der Waals surface area contributed by atoms with Gasteiger partial charge in [0.2, 0.25) is 0 Å². The zero-order valence-corrected chi connectivity index (χ0v) is 13.1. The van der Waals surface area contributed by atoms with Crippen LogP contribution in [0, 0.1) is 28.6 Å². The first-order valence-corrected chi connectivity index (χ1v) is 6.96. The molecule has 0 N–H and O–H groups in total. The fourth-order valence-corrected chi connectivity index (χ4v) is 2.63. The molecule has 0 aliphatic carbocycles. The molecule has 0 saturated carbocycles. The third-order valence-corrected chi connectivity index (χ3v) is 4.31. The minimum atomic E-state index is 0.450. The molecule has 0 spiro atoms. The van der Waals surface area contributed by atoms with E-state index in [1.165, 1.54) is 12.8 Å². The Hall–Kier alpha value is 0. The van der Waals surface area contributed by atoms with Crippen LogP contribution in [0.4, 0.5) is 0 Å². The van der Waals surface area contributed by atoms with E-state index in [0.717, 1.165) is 17.8 Å². The van der Waals surface area contributed by atoms with Crippen LogP contribution >= 0.6 is 0 Å². The molecule has 2 atom stereocenters. The van der Waals surface area contributed by atoms with Gasteiger partial charge >= 0.3 is 0 Å². The first kappa shape index (κ1) is 16.0. The molecule has 0 aliphatic rings. The van der Waals surface area contributed by atoms with Gasteiger partial charge in [0.15, 0.2) is 0 Å². The van der Waals surface area contributed by atoms with Gasteiger partial charge in [-0.05, 0) is 41.4 Å². The van der Waals surface area contributed by atoms with Crippen molar-refractivity contribution in [2.75, 3.05) is 0 Å². The third-order valence-electron chi connectivity index (χ3n) is 4.31. The third kappa shape index (κ3) is 5.37. The van der Waals surface area contributed by atoms with Gasteiger partial charge in [-0.25, -0.2) is 0 Å². The highest BCUT2D eigenvalue weighted by atomic mass is 14.3. The van der Waals surface area contributed by atoms with Crippen LogP contribution in [0.15, 0.2) is 0 Å². The normalized spacial score (nSPS) is 17.6. The number of rotatable bonds is 4. The molecular formula is C16H34. The van der Waals surface area contributed by atoms with Crippen molar-refractivity contribution in [3.63, 3.8) is 0 Å². The summed E-state index contributed by atoms with van der Waals surface area (Å²) in [5, 5.41) is 0. The van der Waals surface area contributed by atoms with Crippen molar-refractivity contribution < 1.29 is 0 Å². The van der Waals surface area contributed by atoms with Gasteiger partial charge in [0, 0.05) is 0 Å². The van der Waals surface area contributed by atoms with E-state index in [1.54, 1.807) is 0 Å². The predicted octanol–water partition coefficient (Wildman–Crippen LogP) is 5.77. The quantitative estimate of drug-likeness (QED) is 0.571. The van der Waals surface area contributed by atoms with Gasteiger partial charge in [-0.2, -0.15) is 0 Å². The average molecular weight is 226 g/mol. The summed E-state index contributed by atoms with van der Waals surface area (Å²) >= 11 is 0. The topological polar surface area (TPSA) is 0 Å². The Morgan fingerprint density at radius 2 is 1.12 bits per heavy atom. The van der Waals surface area contributed by atoms with Gasteiger partial charge in [0.25, 0.3) is 0 Å². The lowest BCUT2D eigenvalue weighted by Crippen LogP contribution is -2.27. The first-order valence-electron chi connectivity index (χ1n) is 6.96. The molecule has 16 heavy (non-hydrogen) atoms. The Labute approximate surface area is 104 Å². The molecule has 0 aromatic carbocycles. The van der Waals surface area contributed by atoms with Crippen LogP contribution in [0.1, 0.15) is 75.2 Å². The van der Waals surface area contributed by atoms with Gasteiger partial charge in [-0.1, -0.05) is 62.3 Å². The van der Waals surface area contributed by atoms with E-state index < -0.39 is 0 Å². The summed E-state index contributed by atoms with van der Waals surface area (Å²) in [7, 11) is 0. The van der Waals surface area contributed by atoms with E-state index in [0.29, 0.717) is 10.8 Å². The minimum absolute atomic E-state index is 0.450. The Kier molecular flexibility index (Phi) is 5.56. The molecule has 0 radical (unpaired) electrons. The highest BCUT2D eigenvalue weighted by Gasteiger charge is 2.29. The maximum absolute atomic E-state index is 2.40. The Balaban J connectivity index is 4.36.